The number of pyridine rings is 1. The number of ether oxygens (including phenoxy) is 1. The molecule has 0 atom stereocenters. The Bertz CT molecular complexity index is 849. The number of piperidine rings is 1. The van der Waals surface area contributed by atoms with Crippen molar-refractivity contribution < 1.29 is 9.53 Å². The van der Waals surface area contributed by atoms with E-state index < -0.39 is 11.7 Å². The van der Waals surface area contributed by atoms with Crippen LogP contribution in [0.1, 0.15) is 57.2 Å². The molecule has 0 spiro atoms. The van der Waals surface area contributed by atoms with Crippen molar-refractivity contribution in [3.63, 3.8) is 0 Å². The number of alkyl carbamates (subject to hydrolysis) is 1. The summed E-state index contributed by atoms with van der Waals surface area (Å²) in [5.74, 6) is 0.661. The molecule has 0 bridgehead atoms. The zero-order valence-electron chi connectivity index (χ0n) is 16.2. The monoisotopic (exact) mass is 387 g/mol. The van der Waals surface area contributed by atoms with Gasteiger partial charge in [0.2, 0.25) is 0 Å². The van der Waals surface area contributed by atoms with Crippen LogP contribution < -0.4 is 10.2 Å². The first-order valence-electron chi connectivity index (χ1n) is 9.04. The van der Waals surface area contributed by atoms with E-state index >= 15 is 0 Å². The molecule has 8 heteroatoms. The molecule has 1 aromatic heterocycles. The number of hydrogen-bond acceptors (Lipinski definition) is 6. The minimum atomic E-state index is -0.527. The number of nitrogens with zero attached hydrogens (tertiary/aromatic N) is 3. The van der Waals surface area contributed by atoms with Crippen molar-refractivity contribution in [3.8, 4) is 12.1 Å². The quantitative estimate of drug-likeness (QED) is 0.769. The molecule has 1 aromatic rings. The summed E-state index contributed by atoms with van der Waals surface area (Å²) in [4.78, 5) is 17.1. The van der Waals surface area contributed by atoms with Gasteiger partial charge in [-0.3, -0.25) is 0 Å². The minimum absolute atomic E-state index is 0.0219. The highest BCUT2D eigenvalue weighted by atomic mass is 32.1. The van der Waals surface area contributed by atoms with Crippen molar-refractivity contribution in [2.45, 2.75) is 58.6 Å². The SMILES string of the molecule is CCc1c(C#N)c(N2CCC(NC(=O)OC(C)(C)C)CC2)[nH]c(=S)c1C#N. The Morgan fingerprint density at radius 2 is 1.89 bits per heavy atom. The van der Waals surface area contributed by atoms with E-state index in [-0.39, 0.29) is 6.04 Å². The average molecular weight is 388 g/mol. The zero-order chi connectivity index (χ0) is 20.2. The van der Waals surface area contributed by atoms with Gasteiger partial charge in [0.15, 0.2) is 0 Å². The van der Waals surface area contributed by atoms with Crippen molar-refractivity contribution in [2.75, 3.05) is 18.0 Å². The molecule has 144 valence electrons. The van der Waals surface area contributed by atoms with E-state index in [1.54, 1.807) is 0 Å². The van der Waals surface area contributed by atoms with E-state index in [2.05, 4.69) is 27.3 Å². The smallest absolute Gasteiger partial charge is 0.407 e. The summed E-state index contributed by atoms with van der Waals surface area (Å²) in [6.45, 7) is 8.72. The summed E-state index contributed by atoms with van der Waals surface area (Å²) < 4.78 is 5.66. The van der Waals surface area contributed by atoms with Crippen LogP contribution in [0, 0.1) is 27.3 Å². The first-order chi connectivity index (χ1) is 12.7. The Morgan fingerprint density at radius 3 is 2.37 bits per heavy atom. The van der Waals surface area contributed by atoms with Gasteiger partial charge in [-0.1, -0.05) is 19.1 Å². The van der Waals surface area contributed by atoms with Crippen molar-refractivity contribution in [3.05, 3.63) is 21.3 Å². The third-order valence-corrected chi connectivity index (χ3v) is 4.71. The molecule has 2 heterocycles. The number of carbonyl (C=O) groups excluding carboxylic acids is 1. The molecule has 7 nitrogen and oxygen atoms in total. The lowest BCUT2D eigenvalue weighted by Crippen LogP contribution is -2.46. The van der Waals surface area contributed by atoms with E-state index in [0.717, 1.165) is 12.8 Å². The largest absolute Gasteiger partial charge is 0.444 e. The van der Waals surface area contributed by atoms with Crippen LogP contribution in [0.25, 0.3) is 0 Å². The van der Waals surface area contributed by atoms with E-state index in [1.165, 1.54) is 0 Å². The van der Waals surface area contributed by atoms with Crippen molar-refractivity contribution in [2.24, 2.45) is 0 Å². The summed E-state index contributed by atoms with van der Waals surface area (Å²) in [5, 5.41) is 21.9. The first-order valence-corrected chi connectivity index (χ1v) is 9.44. The molecule has 0 radical (unpaired) electrons. The molecule has 1 saturated heterocycles. The summed E-state index contributed by atoms with van der Waals surface area (Å²) in [6, 6.07) is 4.35. The summed E-state index contributed by atoms with van der Waals surface area (Å²) in [7, 11) is 0. The van der Waals surface area contributed by atoms with Gasteiger partial charge in [0.25, 0.3) is 0 Å². The second-order valence-corrected chi connectivity index (χ2v) is 7.92. The summed E-state index contributed by atoms with van der Waals surface area (Å²) >= 11 is 5.31. The van der Waals surface area contributed by atoms with Crippen molar-refractivity contribution >= 4 is 24.1 Å². The molecule has 0 aliphatic carbocycles. The lowest BCUT2D eigenvalue weighted by atomic mass is 10.00. The van der Waals surface area contributed by atoms with Gasteiger partial charge in [-0.25, -0.2) is 4.79 Å². The number of aromatic nitrogens is 1. The number of aromatic amines is 1. The standard InChI is InChI=1S/C19H25N5O2S/c1-5-13-14(10-20)16(23-17(27)15(13)11-21)24-8-6-12(7-9-24)22-18(25)26-19(2,3)4/h12H,5-9H2,1-4H3,(H,22,25)(H,23,27). The van der Waals surface area contributed by atoms with Crippen LogP contribution in [-0.2, 0) is 11.2 Å². The Morgan fingerprint density at radius 1 is 1.30 bits per heavy atom. The van der Waals surface area contributed by atoms with Crippen molar-refractivity contribution in [1.29, 1.82) is 10.5 Å². The molecule has 0 saturated carbocycles. The molecule has 2 rings (SSSR count). The van der Waals surface area contributed by atoms with Crippen LogP contribution in [0.3, 0.4) is 0 Å². The topological polar surface area (TPSA) is 105 Å². The van der Waals surface area contributed by atoms with Gasteiger partial charge in [0, 0.05) is 19.1 Å². The van der Waals surface area contributed by atoms with Gasteiger partial charge in [0.05, 0.1) is 11.1 Å². The molecular formula is C19H25N5O2S. The van der Waals surface area contributed by atoms with Crippen LogP contribution in [0.15, 0.2) is 0 Å². The number of rotatable bonds is 3. The van der Waals surface area contributed by atoms with Crippen LogP contribution in [-0.4, -0.2) is 35.8 Å². The van der Waals surface area contributed by atoms with E-state index in [1.807, 2.05) is 27.7 Å². The average Bonchev–Trinajstić information content (AvgIpc) is 2.59. The molecule has 1 aliphatic rings. The van der Waals surface area contributed by atoms with Gasteiger partial charge < -0.3 is 19.9 Å². The fraction of sp³-hybridized carbons (Fsp3) is 0.579. The molecular weight excluding hydrogens is 362 g/mol. The number of amides is 1. The highest BCUT2D eigenvalue weighted by Gasteiger charge is 2.26. The third kappa shape index (κ3) is 4.99. The number of anilines is 1. The maximum atomic E-state index is 11.9. The van der Waals surface area contributed by atoms with Gasteiger partial charge in [-0.05, 0) is 45.6 Å². The Labute approximate surface area is 164 Å². The second-order valence-electron chi connectivity index (χ2n) is 7.52. The molecule has 1 aliphatic heterocycles. The fourth-order valence-corrected chi connectivity index (χ4v) is 3.45. The minimum Gasteiger partial charge on any atom is -0.444 e. The van der Waals surface area contributed by atoms with Crippen molar-refractivity contribution in [1.82, 2.24) is 10.3 Å². The first kappa shape index (κ1) is 20.7. The van der Waals surface area contributed by atoms with E-state index in [9.17, 15) is 15.3 Å². The molecule has 1 fully saturated rings. The number of carbonyl (C=O) groups is 1. The van der Waals surface area contributed by atoms with Crippen LogP contribution in [0.4, 0.5) is 10.6 Å². The molecule has 27 heavy (non-hydrogen) atoms. The lowest BCUT2D eigenvalue weighted by molar-refractivity contribution is 0.0497. The number of nitrogens with one attached hydrogen (secondary N) is 2. The zero-order valence-corrected chi connectivity index (χ0v) is 17.0. The highest BCUT2D eigenvalue weighted by molar-refractivity contribution is 7.71. The van der Waals surface area contributed by atoms with Crippen LogP contribution in [0.5, 0.6) is 0 Å². The molecule has 2 N–H and O–H groups in total. The maximum Gasteiger partial charge on any atom is 0.407 e. The highest BCUT2D eigenvalue weighted by Crippen LogP contribution is 2.27. The number of hydrogen-bond donors (Lipinski definition) is 2. The van der Waals surface area contributed by atoms with Gasteiger partial charge >= 0.3 is 6.09 Å². The Balaban J connectivity index is 2.14. The van der Waals surface area contributed by atoms with Crippen LogP contribution in [0.2, 0.25) is 0 Å². The van der Waals surface area contributed by atoms with Gasteiger partial charge in [-0.2, -0.15) is 10.5 Å². The second kappa shape index (κ2) is 8.41. The predicted molar refractivity (Wildman–Crippen MR) is 105 cm³/mol. The lowest BCUT2D eigenvalue weighted by Gasteiger charge is -2.34. The molecule has 1 amide bonds. The van der Waals surface area contributed by atoms with E-state index in [4.69, 9.17) is 17.0 Å². The third-order valence-electron chi connectivity index (χ3n) is 4.41. The maximum absolute atomic E-state index is 11.9. The predicted octanol–water partition coefficient (Wildman–Crippen LogP) is 3.54. The molecule has 0 aromatic carbocycles. The van der Waals surface area contributed by atoms with E-state index in [0.29, 0.717) is 46.7 Å². The van der Waals surface area contributed by atoms with Gasteiger partial charge in [0.1, 0.15) is 28.2 Å². The normalized spacial score (nSPS) is 15.0. The summed E-state index contributed by atoms with van der Waals surface area (Å²) in [5.41, 5.74) is 1.00. The summed E-state index contributed by atoms with van der Waals surface area (Å²) in [6.07, 6.45) is 1.61. The fourth-order valence-electron chi connectivity index (χ4n) is 3.19. The molecule has 0 unspecified atom stereocenters. The Hall–Kier alpha value is -2.58. The number of nitriles is 2. The Kier molecular flexibility index (Phi) is 6.45. The van der Waals surface area contributed by atoms with Crippen LogP contribution >= 0.6 is 12.2 Å². The van der Waals surface area contributed by atoms with Gasteiger partial charge in [-0.15, -0.1) is 0 Å². The number of H-pyrrole nitrogens is 1.